The zero-order chi connectivity index (χ0) is 22.2. The Morgan fingerprint density at radius 1 is 1.32 bits per heavy atom. The van der Waals surface area contributed by atoms with Gasteiger partial charge >= 0.3 is 0 Å². The topological polar surface area (TPSA) is 93.9 Å². The van der Waals surface area contributed by atoms with E-state index in [0.29, 0.717) is 41.0 Å². The molecule has 1 aliphatic rings. The van der Waals surface area contributed by atoms with Crippen LogP contribution in [0.1, 0.15) is 41.0 Å². The third-order valence-corrected chi connectivity index (χ3v) is 7.45. The first-order valence-corrected chi connectivity index (χ1v) is 12.2. The summed E-state index contributed by atoms with van der Waals surface area (Å²) in [6, 6.07) is 9.58. The number of nitrogens with zero attached hydrogens (tertiary/aromatic N) is 3. The molecule has 1 saturated heterocycles. The van der Waals surface area contributed by atoms with Crippen LogP contribution in [0.25, 0.3) is 22.3 Å². The van der Waals surface area contributed by atoms with E-state index in [1.165, 1.54) is 5.56 Å². The fraction of sp³-hybridized carbons (Fsp3) is 0.348. The molecule has 1 N–H and O–H groups in total. The minimum Gasteiger partial charge on any atom is -0.349 e. The molecule has 31 heavy (non-hydrogen) atoms. The van der Waals surface area contributed by atoms with Crippen LogP contribution < -0.4 is 5.32 Å². The summed E-state index contributed by atoms with van der Waals surface area (Å²) in [5.74, 6) is -0.0539. The van der Waals surface area contributed by atoms with Crippen molar-refractivity contribution in [1.29, 1.82) is 0 Å². The van der Waals surface area contributed by atoms with Gasteiger partial charge in [-0.25, -0.2) is 18.1 Å². The van der Waals surface area contributed by atoms with Gasteiger partial charge in [-0.05, 0) is 31.4 Å². The van der Waals surface area contributed by atoms with Gasteiger partial charge in [0.2, 0.25) is 0 Å². The van der Waals surface area contributed by atoms with E-state index >= 15 is 0 Å². The van der Waals surface area contributed by atoms with Crippen molar-refractivity contribution in [1.82, 2.24) is 20.1 Å². The number of carbonyl (C=O) groups excluding carboxylic acids is 1. The molecule has 8 heteroatoms. The smallest absolute Gasteiger partial charge is 0.252 e. The highest BCUT2D eigenvalue weighted by Crippen LogP contribution is 2.32. The van der Waals surface area contributed by atoms with Gasteiger partial charge in [-0.15, -0.1) is 6.58 Å². The third-order valence-electron chi connectivity index (χ3n) is 5.70. The first-order valence-electron chi connectivity index (χ1n) is 10.4. The van der Waals surface area contributed by atoms with E-state index in [-0.39, 0.29) is 23.5 Å². The van der Waals surface area contributed by atoms with Crippen LogP contribution >= 0.6 is 0 Å². The second-order valence-corrected chi connectivity index (χ2v) is 10.1. The average molecular weight is 439 g/mol. The zero-order valence-corrected chi connectivity index (χ0v) is 18.6. The number of pyridine rings is 1. The van der Waals surface area contributed by atoms with Gasteiger partial charge in [0.25, 0.3) is 5.91 Å². The van der Waals surface area contributed by atoms with Crippen LogP contribution in [0.3, 0.4) is 0 Å². The van der Waals surface area contributed by atoms with Gasteiger partial charge in [0.05, 0.1) is 39.9 Å². The molecule has 0 spiro atoms. The molecule has 162 valence electrons. The molecule has 0 bridgehead atoms. The lowest BCUT2D eigenvalue weighted by atomic mass is 10.0. The van der Waals surface area contributed by atoms with Crippen molar-refractivity contribution in [3.63, 3.8) is 0 Å². The van der Waals surface area contributed by atoms with Gasteiger partial charge in [-0.1, -0.05) is 37.3 Å². The number of aryl methyl sites for hydroxylation is 2. The van der Waals surface area contributed by atoms with E-state index in [4.69, 9.17) is 4.98 Å². The molecule has 2 aromatic heterocycles. The molecular weight excluding hydrogens is 412 g/mol. The van der Waals surface area contributed by atoms with Gasteiger partial charge in [0.1, 0.15) is 0 Å². The lowest BCUT2D eigenvalue weighted by molar-refractivity contribution is 0.0959. The van der Waals surface area contributed by atoms with Gasteiger partial charge in [0.15, 0.2) is 15.5 Å². The molecule has 3 aromatic rings. The maximum absolute atomic E-state index is 13.0. The summed E-state index contributed by atoms with van der Waals surface area (Å²) in [5, 5.41) is 8.10. The fourth-order valence-corrected chi connectivity index (χ4v) is 5.73. The summed E-state index contributed by atoms with van der Waals surface area (Å²) in [4.78, 5) is 17.8. The van der Waals surface area contributed by atoms with Crippen LogP contribution in [0.4, 0.5) is 0 Å². The second kappa shape index (κ2) is 8.26. The summed E-state index contributed by atoms with van der Waals surface area (Å²) in [7, 11) is -3.09. The summed E-state index contributed by atoms with van der Waals surface area (Å²) in [6.07, 6.45) is 3.05. The minimum absolute atomic E-state index is 0.0400. The number of amides is 1. The third kappa shape index (κ3) is 4.12. The Kier molecular flexibility index (Phi) is 5.66. The Hall–Kier alpha value is -3.00. The fourth-order valence-electron chi connectivity index (χ4n) is 4.03. The first-order chi connectivity index (χ1) is 14.8. The quantitative estimate of drug-likeness (QED) is 0.596. The monoisotopic (exact) mass is 438 g/mol. The van der Waals surface area contributed by atoms with Gasteiger partial charge in [-0.3, -0.25) is 4.79 Å². The Labute approximate surface area is 182 Å². The number of aromatic nitrogens is 3. The maximum Gasteiger partial charge on any atom is 0.252 e. The Morgan fingerprint density at radius 2 is 2.06 bits per heavy atom. The lowest BCUT2D eigenvalue weighted by Gasteiger charge is -2.12. The van der Waals surface area contributed by atoms with Crippen molar-refractivity contribution in [3.05, 3.63) is 59.8 Å². The van der Waals surface area contributed by atoms with Crippen molar-refractivity contribution in [2.75, 3.05) is 18.1 Å². The molecule has 4 rings (SSSR count). The van der Waals surface area contributed by atoms with Crippen LogP contribution in [-0.4, -0.2) is 47.1 Å². The molecular formula is C23H26N4O3S. The van der Waals surface area contributed by atoms with E-state index in [9.17, 15) is 13.2 Å². The molecule has 7 nitrogen and oxygen atoms in total. The minimum atomic E-state index is -3.09. The predicted molar refractivity (Wildman–Crippen MR) is 122 cm³/mol. The van der Waals surface area contributed by atoms with E-state index < -0.39 is 9.84 Å². The van der Waals surface area contributed by atoms with Crippen molar-refractivity contribution in [3.8, 4) is 11.3 Å². The maximum atomic E-state index is 13.0. The predicted octanol–water partition coefficient (Wildman–Crippen LogP) is 3.24. The molecule has 0 aliphatic carbocycles. The molecule has 1 unspecified atom stereocenters. The van der Waals surface area contributed by atoms with E-state index in [2.05, 4.69) is 23.9 Å². The molecule has 0 radical (unpaired) electrons. The molecule has 1 aromatic carbocycles. The molecule has 1 fully saturated rings. The van der Waals surface area contributed by atoms with Crippen LogP contribution in [0, 0.1) is 6.92 Å². The Bertz CT molecular complexity index is 1260. The summed E-state index contributed by atoms with van der Waals surface area (Å²) in [6.45, 7) is 7.92. The van der Waals surface area contributed by atoms with Crippen molar-refractivity contribution >= 4 is 26.8 Å². The molecule has 1 atom stereocenters. The number of hydrogen-bond donors (Lipinski definition) is 1. The average Bonchev–Trinajstić information content (AvgIpc) is 3.30. The number of fused-ring (bicyclic) bond motifs is 1. The van der Waals surface area contributed by atoms with Crippen LogP contribution in [0.15, 0.2) is 43.0 Å². The summed E-state index contributed by atoms with van der Waals surface area (Å²) in [5.41, 5.74) is 4.43. The molecule has 1 aliphatic heterocycles. The number of carbonyl (C=O) groups is 1. The van der Waals surface area contributed by atoms with Crippen LogP contribution in [0.5, 0.6) is 0 Å². The second-order valence-electron chi connectivity index (χ2n) is 7.89. The van der Waals surface area contributed by atoms with Crippen molar-refractivity contribution in [2.24, 2.45) is 0 Å². The SMILES string of the molecule is C=CCNC(=O)c1cc(-c2ccc(CC)cc2)nc2c1c(C)nn2C1CCS(=O)(=O)C1. The van der Waals surface area contributed by atoms with Crippen molar-refractivity contribution in [2.45, 2.75) is 32.7 Å². The Balaban J connectivity index is 1.91. The van der Waals surface area contributed by atoms with E-state index in [1.807, 2.05) is 31.2 Å². The Morgan fingerprint density at radius 3 is 2.68 bits per heavy atom. The van der Waals surface area contributed by atoms with Gasteiger partial charge < -0.3 is 5.32 Å². The summed E-state index contributed by atoms with van der Waals surface area (Å²) < 4.78 is 25.8. The lowest BCUT2D eigenvalue weighted by Crippen LogP contribution is -2.23. The molecule has 1 amide bonds. The number of nitrogens with one attached hydrogen (secondary N) is 1. The normalized spacial score (nSPS) is 17.7. The van der Waals surface area contributed by atoms with E-state index in [1.54, 1.807) is 16.8 Å². The zero-order valence-electron chi connectivity index (χ0n) is 17.8. The highest BCUT2D eigenvalue weighted by Gasteiger charge is 2.32. The van der Waals surface area contributed by atoms with Gasteiger partial charge in [0, 0.05) is 12.1 Å². The summed E-state index contributed by atoms with van der Waals surface area (Å²) >= 11 is 0. The number of rotatable bonds is 6. The van der Waals surface area contributed by atoms with E-state index in [0.717, 1.165) is 12.0 Å². The van der Waals surface area contributed by atoms with Crippen molar-refractivity contribution < 1.29 is 13.2 Å². The highest BCUT2D eigenvalue weighted by molar-refractivity contribution is 7.91. The van der Waals surface area contributed by atoms with Crippen LogP contribution in [0.2, 0.25) is 0 Å². The highest BCUT2D eigenvalue weighted by atomic mass is 32.2. The molecule has 3 heterocycles. The largest absolute Gasteiger partial charge is 0.349 e. The number of sulfone groups is 1. The first kappa shape index (κ1) is 21.2. The van der Waals surface area contributed by atoms with Crippen LogP contribution in [-0.2, 0) is 16.3 Å². The van der Waals surface area contributed by atoms with Gasteiger partial charge in [-0.2, -0.15) is 5.10 Å². The number of benzene rings is 1. The standard InChI is InChI=1S/C23H26N4O3S/c1-4-11-24-23(28)19-13-20(17-8-6-16(5-2)7-9-17)25-22-21(19)15(3)26-27(22)18-10-12-31(29,30)14-18/h4,6-9,13,18H,1,5,10-12,14H2,2-3H3,(H,24,28). The molecule has 0 saturated carbocycles. The number of hydrogen-bond acceptors (Lipinski definition) is 5.